The lowest BCUT2D eigenvalue weighted by atomic mass is 9.94. The van der Waals surface area contributed by atoms with E-state index in [-0.39, 0.29) is 17.9 Å². The van der Waals surface area contributed by atoms with Gasteiger partial charge in [0.2, 0.25) is 5.91 Å². The number of piperidine rings is 1. The molecule has 2 saturated heterocycles. The van der Waals surface area contributed by atoms with Crippen LogP contribution in [0.4, 0.5) is 0 Å². The summed E-state index contributed by atoms with van der Waals surface area (Å²) in [6.07, 6.45) is 2.21. The van der Waals surface area contributed by atoms with Gasteiger partial charge in [-0.15, -0.1) is 0 Å². The molecule has 20 heavy (non-hydrogen) atoms. The van der Waals surface area contributed by atoms with Crippen LogP contribution < -0.4 is 5.73 Å². The molecule has 0 aromatic heterocycles. The van der Waals surface area contributed by atoms with Gasteiger partial charge in [-0.25, -0.2) is 0 Å². The van der Waals surface area contributed by atoms with Crippen LogP contribution in [0.15, 0.2) is 0 Å². The second kappa shape index (κ2) is 7.38. The molecule has 0 radical (unpaired) electrons. The van der Waals surface area contributed by atoms with Crippen molar-refractivity contribution < 1.29 is 9.53 Å². The number of nitrogens with two attached hydrogens (primary N) is 1. The second-order valence-electron chi connectivity index (χ2n) is 6.45. The number of hydrogen-bond donors (Lipinski definition) is 1. The molecule has 0 saturated carbocycles. The molecule has 2 N–H and O–H groups in total. The van der Waals surface area contributed by atoms with Gasteiger partial charge in [0.15, 0.2) is 0 Å². The van der Waals surface area contributed by atoms with Gasteiger partial charge < -0.3 is 15.4 Å². The summed E-state index contributed by atoms with van der Waals surface area (Å²) in [5.41, 5.74) is 5.96. The minimum absolute atomic E-state index is 0.129. The van der Waals surface area contributed by atoms with Gasteiger partial charge >= 0.3 is 0 Å². The number of likely N-dealkylation sites (tertiary alicyclic amines) is 1. The molecule has 2 rings (SSSR count). The van der Waals surface area contributed by atoms with E-state index < -0.39 is 0 Å². The fourth-order valence-corrected chi connectivity index (χ4v) is 2.98. The van der Waals surface area contributed by atoms with Gasteiger partial charge in [0, 0.05) is 32.7 Å². The van der Waals surface area contributed by atoms with Crippen molar-refractivity contribution in [3.8, 4) is 0 Å². The van der Waals surface area contributed by atoms with E-state index in [2.05, 4.69) is 4.90 Å². The standard InChI is InChI=1S/C15H29N3O2/c1-12(2)14(16)15(19)18-5-3-13(4-6-18)11-17-7-9-20-10-8-17/h12-14H,3-11,16H2,1-2H3/t14-/m1/s1. The van der Waals surface area contributed by atoms with Crippen LogP contribution in [0.2, 0.25) is 0 Å². The Morgan fingerprint density at radius 2 is 1.80 bits per heavy atom. The predicted octanol–water partition coefficient (Wildman–Crippen LogP) is 0.541. The highest BCUT2D eigenvalue weighted by molar-refractivity contribution is 5.82. The Kier molecular flexibility index (Phi) is 5.81. The molecule has 5 heteroatoms. The van der Waals surface area contributed by atoms with Crippen LogP contribution in [-0.2, 0) is 9.53 Å². The SMILES string of the molecule is CC(C)[C@@H](N)C(=O)N1CCC(CN2CCOCC2)CC1. The van der Waals surface area contributed by atoms with E-state index in [0.717, 1.165) is 58.8 Å². The Morgan fingerprint density at radius 1 is 1.20 bits per heavy atom. The van der Waals surface area contributed by atoms with Crippen LogP contribution in [0.1, 0.15) is 26.7 Å². The molecule has 0 aromatic carbocycles. The van der Waals surface area contributed by atoms with Gasteiger partial charge in [0.05, 0.1) is 19.3 Å². The maximum absolute atomic E-state index is 12.2. The molecule has 0 unspecified atom stereocenters. The van der Waals surface area contributed by atoms with Crippen molar-refractivity contribution in [2.45, 2.75) is 32.7 Å². The summed E-state index contributed by atoms with van der Waals surface area (Å²) in [6, 6.07) is -0.342. The lowest BCUT2D eigenvalue weighted by Crippen LogP contribution is -2.50. The summed E-state index contributed by atoms with van der Waals surface area (Å²) in [5, 5.41) is 0. The highest BCUT2D eigenvalue weighted by Crippen LogP contribution is 2.20. The molecule has 0 aromatic rings. The average molecular weight is 283 g/mol. The zero-order chi connectivity index (χ0) is 14.5. The molecule has 2 aliphatic heterocycles. The summed E-state index contributed by atoms with van der Waals surface area (Å²) in [4.78, 5) is 16.7. The van der Waals surface area contributed by atoms with Crippen LogP contribution in [0, 0.1) is 11.8 Å². The van der Waals surface area contributed by atoms with Crippen LogP contribution in [0.25, 0.3) is 0 Å². The first-order valence-corrected chi connectivity index (χ1v) is 7.92. The molecule has 0 spiro atoms. The van der Waals surface area contributed by atoms with Gasteiger partial charge in [-0.1, -0.05) is 13.8 Å². The number of amides is 1. The zero-order valence-corrected chi connectivity index (χ0v) is 12.9. The summed E-state index contributed by atoms with van der Waals surface area (Å²) in [6.45, 7) is 10.7. The third-order valence-corrected chi connectivity index (χ3v) is 4.55. The molecule has 0 aliphatic carbocycles. The fourth-order valence-electron chi connectivity index (χ4n) is 2.98. The minimum Gasteiger partial charge on any atom is -0.379 e. The number of carbonyl (C=O) groups excluding carboxylic acids is 1. The Hall–Kier alpha value is -0.650. The molecular weight excluding hydrogens is 254 g/mol. The zero-order valence-electron chi connectivity index (χ0n) is 12.9. The molecule has 2 fully saturated rings. The summed E-state index contributed by atoms with van der Waals surface area (Å²) >= 11 is 0. The number of carbonyl (C=O) groups is 1. The molecule has 116 valence electrons. The van der Waals surface area contributed by atoms with Crippen molar-refractivity contribution in [2.24, 2.45) is 17.6 Å². The van der Waals surface area contributed by atoms with E-state index in [9.17, 15) is 4.79 Å². The summed E-state index contributed by atoms with van der Waals surface area (Å²) in [7, 11) is 0. The third kappa shape index (κ3) is 4.17. The van der Waals surface area contributed by atoms with E-state index in [0.29, 0.717) is 5.92 Å². The Balaban J connectivity index is 1.73. The lowest BCUT2D eigenvalue weighted by molar-refractivity contribution is -0.135. The van der Waals surface area contributed by atoms with E-state index in [1.165, 1.54) is 0 Å². The molecule has 5 nitrogen and oxygen atoms in total. The van der Waals surface area contributed by atoms with Gasteiger partial charge in [-0.05, 0) is 24.7 Å². The predicted molar refractivity (Wildman–Crippen MR) is 79.4 cm³/mol. The van der Waals surface area contributed by atoms with Crippen LogP contribution in [-0.4, -0.2) is 67.7 Å². The average Bonchev–Trinajstić information content (AvgIpc) is 2.47. The van der Waals surface area contributed by atoms with Crippen molar-refractivity contribution in [1.82, 2.24) is 9.80 Å². The highest BCUT2D eigenvalue weighted by atomic mass is 16.5. The molecule has 1 atom stereocenters. The maximum atomic E-state index is 12.2. The van der Waals surface area contributed by atoms with E-state index in [1.807, 2.05) is 18.7 Å². The fraction of sp³-hybridized carbons (Fsp3) is 0.933. The van der Waals surface area contributed by atoms with Gasteiger partial charge in [0.1, 0.15) is 0 Å². The van der Waals surface area contributed by atoms with Crippen molar-refractivity contribution in [3.63, 3.8) is 0 Å². The normalized spacial score (nSPS) is 24.1. The third-order valence-electron chi connectivity index (χ3n) is 4.55. The maximum Gasteiger partial charge on any atom is 0.239 e. The van der Waals surface area contributed by atoms with Crippen LogP contribution in [0.5, 0.6) is 0 Å². The van der Waals surface area contributed by atoms with Crippen LogP contribution in [0.3, 0.4) is 0 Å². The van der Waals surface area contributed by atoms with Crippen molar-refractivity contribution in [1.29, 1.82) is 0 Å². The van der Waals surface area contributed by atoms with Gasteiger partial charge in [0.25, 0.3) is 0 Å². The van der Waals surface area contributed by atoms with Crippen LogP contribution >= 0.6 is 0 Å². The van der Waals surface area contributed by atoms with E-state index >= 15 is 0 Å². The lowest BCUT2D eigenvalue weighted by Gasteiger charge is -2.37. The van der Waals surface area contributed by atoms with Gasteiger partial charge in [-0.2, -0.15) is 0 Å². The first kappa shape index (κ1) is 15.7. The minimum atomic E-state index is -0.342. The van der Waals surface area contributed by atoms with E-state index in [1.54, 1.807) is 0 Å². The number of hydrogen-bond acceptors (Lipinski definition) is 4. The largest absolute Gasteiger partial charge is 0.379 e. The Morgan fingerprint density at radius 3 is 2.35 bits per heavy atom. The molecule has 2 aliphatic rings. The van der Waals surface area contributed by atoms with E-state index in [4.69, 9.17) is 10.5 Å². The number of nitrogens with zero attached hydrogens (tertiary/aromatic N) is 2. The Bertz CT molecular complexity index is 308. The summed E-state index contributed by atoms with van der Waals surface area (Å²) in [5.74, 6) is 1.06. The highest BCUT2D eigenvalue weighted by Gasteiger charge is 2.28. The summed E-state index contributed by atoms with van der Waals surface area (Å²) < 4.78 is 5.38. The molecule has 1 amide bonds. The molecule has 2 heterocycles. The number of rotatable bonds is 4. The monoisotopic (exact) mass is 283 g/mol. The number of ether oxygens (including phenoxy) is 1. The quantitative estimate of drug-likeness (QED) is 0.818. The van der Waals surface area contributed by atoms with Crippen molar-refractivity contribution in [2.75, 3.05) is 45.9 Å². The van der Waals surface area contributed by atoms with Gasteiger partial charge in [-0.3, -0.25) is 9.69 Å². The molecular formula is C15H29N3O2. The Labute approximate surface area is 122 Å². The first-order valence-electron chi connectivity index (χ1n) is 7.92. The first-order chi connectivity index (χ1) is 9.58. The van der Waals surface area contributed by atoms with Crippen molar-refractivity contribution >= 4 is 5.91 Å². The second-order valence-corrected chi connectivity index (χ2v) is 6.45. The molecule has 0 bridgehead atoms. The topological polar surface area (TPSA) is 58.8 Å². The van der Waals surface area contributed by atoms with Crippen molar-refractivity contribution in [3.05, 3.63) is 0 Å². The number of morpholine rings is 1. The smallest absolute Gasteiger partial charge is 0.239 e.